The first-order valence-corrected chi connectivity index (χ1v) is 5.39. The van der Waals surface area contributed by atoms with E-state index < -0.39 is 10.0 Å². The summed E-state index contributed by atoms with van der Waals surface area (Å²) < 4.78 is 24.4. The SMILES string of the molecule is CCNS(=O)(=O)CCCNC. The third kappa shape index (κ3) is 6.28. The zero-order chi connectivity index (χ0) is 8.74. The fourth-order valence-electron chi connectivity index (χ4n) is 0.731. The Kier molecular flexibility index (Phi) is 5.45. The molecule has 0 amide bonds. The molecule has 0 aromatic rings. The van der Waals surface area contributed by atoms with Gasteiger partial charge in [-0.25, -0.2) is 13.1 Å². The van der Waals surface area contributed by atoms with Crippen LogP contribution < -0.4 is 10.0 Å². The molecule has 0 aromatic carbocycles. The van der Waals surface area contributed by atoms with Crippen LogP contribution in [0.1, 0.15) is 13.3 Å². The molecule has 11 heavy (non-hydrogen) atoms. The van der Waals surface area contributed by atoms with Gasteiger partial charge >= 0.3 is 0 Å². The topological polar surface area (TPSA) is 58.2 Å². The van der Waals surface area contributed by atoms with E-state index in [0.29, 0.717) is 13.0 Å². The van der Waals surface area contributed by atoms with Gasteiger partial charge in [0.1, 0.15) is 0 Å². The van der Waals surface area contributed by atoms with Gasteiger partial charge in [0.05, 0.1) is 5.75 Å². The third-order valence-electron chi connectivity index (χ3n) is 1.20. The van der Waals surface area contributed by atoms with Crippen molar-refractivity contribution in [1.82, 2.24) is 10.0 Å². The minimum absolute atomic E-state index is 0.210. The van der Waals surface area contributed by atoms with Crippen LogP contribution in [0, 0.1) is 0 Å². The first-order valence-electron chi connectivity index (χ1n) is 3.74. The highest BCUT2D eigenvalue weighted by Gasteiger charge is 2.05. The summed E-state index contributed by atoms with van der Waals surface area (Å²) in [6, 6.07) is 0. The van der Waals surface area contributed by atoms with Crippen LogP contribution in [0.2, 0.25) is 0 Å². The van der Waals surface area contributed by atoms with Crippen LogP contribution in [0.3, 0.4) is 0 Å². The van der Waals surface area contributed by atoms with Crippen LogP contribution in [0.15, 0.2) is 0 Å². The Hall–Kier alpha value is -0.130. The maximum Gasteiger partial charge on any atom is 0.211 e. The van der Waals surface area contributed by atoms with Crippen molar-refractivity contribution in [3.63, 3.8) is 0 Å². The van der Waals surface area contributed by atoms with E-state index in [9.17, 15) is 8.42 Å². The van der Waals surface area contributed by atoms with E-state index in [1.807, 2.05) is 0 Å². The minimum atomic E-state index is -2.99. The van der Waals surface area contributed by atoms with Gasteiger partial charge in [-0.15, -0.1) is 0 Å². The molecule has 0 atom stereocenters. The maximum atomic E-state index is 11.0. The van der Waals surface area contributed by atoms with E-state index in [1.54, 1.807) is 14.0 Å². The molecule has 0 unspecified atom stereocenters. The Bertz CT molecular complexity index is 177. The molecule has 0 radical (unpaired) electrons. The predicted molar refractivity (Wildman–Crippen MR) is 46.0 cm³/mol. The molecular weight excluding hydrogens is 164 g/mol. The van der Waals surface area contributed by atoms with Crippen molar-refractivity contribution in [2.75, 3.05) is 25.9 Å². The summed E-state index contributed by atoms with van der Waals surface area (Å²) in [6.07, 6.45) is 0.659. The summed E-state index contributed by atoms with van der Waals surface area (Å²) in [5.74, 6) is 0.210. The Morgan fingerprint density at radius 2 is 2.00 bits per heavy atom. The average molecular weight is 180 g/mol. The van der Waals surface area contributed by atoms with Gasteiger partial charge in [0, 0.05) is 6.54 Å². The second kappa shape index (κ2) is 5.51. The smallest absolute Gasteiger partial charge is 0.211 e. The molecule has 2 N–H and O–H groups in total. The van der Waals surface area contributed by atoms with Gasteiger partial charge in [0.25, 0.3) is 0 Å². The van der Waals surface area contributed by atoms with Crippen LogP contribution >= 0.6 is 0 Å². The lowest BCUT2D eigenvalue weighted by Crippen LogP contribution is -2.27. The lowest BCUT2D eigenvalue weighted by atomic mass is 10.5. The van der Waals surface area contributed by atoms with E-state index in [1.165, 1.54) is 0 Å². The summed E-state index contributed by atoms with van der Waals surface area (Å²) in [4.78, 5) is 0. The van der Waals surface area contributed by atoms with Gasteiger partial charge in [-0.1, -0.05) is 6.92 Å². The molecule has 0 heterocycles. The standard InChI is InChI=1S/C6H16N2O2S/c1-3-8-11(9,10)6-4-5-7-2/h7-8H,3-6H2,1-2H3. The van der Waals surface area contributed by atoms with Crippen molar-refractivity contribution < 1.29 is 8.42 Å². The molecule has 0 spiro atoms. The largest absolute Gasteiger partial charge is 0.320 e. The molecule has 4 nitrogen and oxygen atoms in total. The van der Waals surface area contributed by atoms with Crippen LogP contribution in [0.25, 0.3) is 0 Å². The van der Waals surface area contributed by atoms with Crippen LogP contribution in [-0.4, -0.2) is 34.3 Å². The quantitative estimate of drug-likeness (QED) is 0.544. The summed E-state index contributed by atoms with van der Waals surface area (Å²) in [7, 11) is -1.19. The lowest BCUT2D eigenvalue weighted by molar-refractivity contribution is 0.579. The normalized spacial score (nSPS) is 11.8. The maximum absolute atomic E-state index is 11.0. The lowest BCUT2D eigenvalue weighted by Gasteiger charge is -2.02. The van der Waals surface area contributed by atoms with E-state index in [2.05, 4.69) is 10.0 Å². The zero-order valence-electron chi connectivity index (χ0n) is 7.05. The monoisotopic (exact) mass is 180 g/mol. The van der Waals surface area contributed by atoms with Crippen molar-refractivity contribution >= 4 is 10.0 Å². The van der Waals surface area contributed by atoms with Crippen LogP contribution in [-0.2, 0) is 10.0 Å². The van der Waals surface area contributed by atoms with Gasteiger partial charge in [0.15, 0.2) is 0 Å². The highest BCUT2D eigenvalue weighted by molar-refractivity contribution is 7.89. The Balaban J connectivity index is 3.56. The van der Waals surface area contributed by atoms with Gasteiger partial charge in [-0.05, 0) is 20.0 Å². The summed E-state index contributed by atoms with van der Waals surface area (Å²) in [5.41, 5.74) is 0. The summed E-state index contributed by atoms with van der Waals surface area (Å²) in [5, 5.41) is 2.89. The molecular formula is C6H16N2O2S. The first-order chi connectivity index (χ1) is 5.12. The third-order valence-corrected chi connectivity index (χ3v) is 2.76. The summed E-state index contributed by atoms with van der Waals surface area (Å²) >= 11 is 0. The fraction of sp³-hybridized carbons (Fsp3) is 1.00. The van der Waals surface area contributed by atoms with E-state index >= 15 is 0 Å². The molecule has 0 bridgehead atoms. The Morgan fingerprint density at radius 1 is 1.36 bits per heavy atom. The number of nitrogens with one attached hydrogen (secondary N) is 2. The zero-order valence-corrected chi connectivity index (χ0v) is 7.87. The second-order valence-electron chi connectivity index (χ2n) is 2.27. The van der Waals surface area contributed by atoms with Crippen molar-refractivity contribution in [1.29, 1.82) is 0 Å². The van der Waals surface area contributed by atoms with E-state index in [-0.39, 0.29) is 5.75 Å². The minimum Gasteiger partial charge on any atom is -0.320 e. The molecule has 0 aliphatic heterocycles. The van der Waals surface area contributed by atoms with Gasteiger partial charge in [0.2, 0.25) is 10.0 Å². The van der Waals surface area contributed by atoms with Gasteiger partial charge in [-0.3, -0.25) is 0 Å². The number of sulfonamides is 1. The molecule has 0 saturated carbocycles. The first kappa shape index (κ1) is 10.9. The molecule has 0 aliphatic carbocycles. The molecule has 68 valence electrons. The summed E-state index contributed by atoms with van der Waals surface area (Å²) in [6.45, 7) is 2.99. The molecule has 0 saturated heterocycles. The predicted octanol–water partition coefficient (Wildman–Crippen LogP) is -0.465. The van der Waals surface area contributed by atoms with Crippen molar-refractivity contribution in [3.05, 3.63) is 0 Å². The van der Waals surface area contributed by atoms with Crippen molar-refractivity contribution in [2.45, 2.75) is 13.3 Å². The highest BCUT2D eigenvalue weighted by atomic mass is 32.2. The second-order valence-corrected chi connectivity index (χ2v) is 4.20. The molecule has 0 aromatic heterocycles. The average Bonchev–Trinajstić information content (AvgIpc) is 1.87. The number of rotatable bonds is 6. The van der Waals surface area contributed by atoms with Crippen molar-refractivity contribution in [3.8, 4) is 0 Å². The van der Waals surface area contributed by atoms with E-state index in [0.717, 1.165) is 6.54 Å². The van der Waals surface area contributed by atoms with Crippen LogP contribution in [0.4, 0.5) is 0 Å². The number of hydrogen-bond donors (Lipinski definition) is 2. The highest BCUT2D eigenvalue weighted by Crippen LogP contribution is 1.86. The molecule has 0 fully saturated rings. The molecule has 5 heteroatoms. The van der Waals surface area contributed by atoms with Gasteiger partial charge < -0.3 is 5.32 Å². The van der Waals surface area contributed by atoms with Crippen LogP contribution in [0.5, 0.6) is 0 Å². The Morgan fingerprint density at radius 3 is 2.45 bits per heavy atom. The number of hydrogen-bond acceptors (Lipinski definition) is 3. The van der Waals surface area contributed by atoms with E-state index in [4.69, 9.17) is 0 Å². The Labute approximate surface area is 68.4 Å². The van der Waals surface area contributed by atoms with Crippen molar-refractivity contribution in [2.24, 2.45) is 0 Å². The molecule has 0 aliphatic rings. The van der Waals surface area contributed by atoms with Gasteiger partial charge in [-0.2, -0.15) is 0 Å². The fourth-order valence-corrected chi connectivity index (χ4v) is 1.84. The molecule has 0 rings (SSSR count).